The molecular formula is C46H31N7. The Morgan fingerprint density at radius 3 is 1.79 bits per heavy atom. The summed E-state index contributed by atoms with van der Waals surface area (Å²) >= 11 is 0. The fourth-order valence-electron chi connectivity index (χ4n) is 7.35. The molecule has 0 N–H and O–H groups in total. The monoisotopic (exact) mass is 681 g/mol. The molecule has 0 fully saturated rings. The van der Waals surface area contributed by atoms with E-state index in [4.69, 9.17) is 0 Å². The molecule has 250 valence electrons. The molecule has 0 radical (unpaired) electrons. The van der Waals surface area contributed by atoms with Gasteiger partial charge in [-0.1, -0.05) is 54.6 Å². The van der Waals surface area contributed by atoms with E-state index in [1.54, 1.807) is 0 Å². The molecule has 0 aliphatic carbocycles. The van der Waals surface area contributed by atoms with Crippen LogP contribution in [0.1, 0.15) is 0 Å². The van der Waals surface area contributed by atoms with Crippen LogP contribution >= 0.6 is 0 Å². The minimum atomic E-state index is 0.638. The number of hydrogen-bond acceptors (Lipinski definition) is 5. The number of anilines is 3. The summed E-state index contributed by atoms with van der Waals surface area (Å²) in [4.78, 5) is 19.6. The van der Waals surface area contributed by atoms with Crippen molar-refractivity contribution in [3.63, 3.8) is 0 Å². The van der Waals surface area contributed by atoms with Gasteiger partial charge in [0.15, 0.2) is 5.82 Å². The Balaban J connectivity index is 1.18. The quantitative estimate of drug-likeness (QED) is 0.167. The summed E-state index contributed by atoms with van der Waals surface area (Å²) in [7, 11) is 0. The van der Waals surface area contributed by atoms with E-state index < -0.39 is 0 Å². The fourth-order valence-corrected chi connectivity index (χ4v) is 7.35. The third-order valence-electron chi connectivity index (χ3n) is 9.83. The van der Waals surface area contributed by atoms with Gasteiger partial charge < -0.3 is 14.0 Å². The lowest BCUT2D eigenvalue weighted by molar-refractivity contribution is 1.06. The molecule has 0 atom stereocenters. The van der Waals surface area contributed by atoms with E-state index in [1.165, 1.54) is 28.8 Å². The third-order valence-corrected chi connectivity index (χ3v) is 9.83. The van der Waals surface area contributed by atoms with Crippen LogP contribution < -0.4 is 4.90 Å². The van der Waals surface area contributed by atoms with Crippen molar-refractivity contribution in [1.82, 2.24) is 29.1 Å². The van der Waals surface area contributed by atoms with Gasteiger partial charge >= 0.3 is 0 Å². The van der Waals surface area contributed by atoms with Crippen LogP contribution in [0.25, 0.3) is 66.7 Å². The van der Waals surface area contributed by atoms with Gasteiger partial charge in [-0.2, -0.15) is 0 Å². The predicted molar refractivity (Wildman–Crippen MR) is 214 cm³/mol. The van der Waals surface area contributed by atoms with Crippen LogP contribution in [0.2, 0.25) is 0 Å². The Kier molecular flexibility index (Phi) is 7.32. The zero-order valence-electron chi connectivity index (χ0n) is 28.5. The molecule has 0 aliphatic rings. The molecular weight excluding hydrogens is 651 g/mol. The van der Waals surface area contributed by atoms with Crippen molar-refractivity contribution < 1.29 is 0 Å². The van der Waals surface area contributed by atoms with Gasteiger partial charge in [0.25, 0.3) is 0 Å². The molecule has 0 bridgehead atoms. The average Bonchev–Trinajstić information content (AvgIpc) is 3.80. The first-order chi connectivity index (χ1) is 26.3. The van der Waals surface area contributed by atoms with Crippen LogP contribution in [0.4, 0.5) is 17.1 Å². The van der Waals surface area contributed by atoms with E-state index >= 15 is 0 Å². The number of hydrogen-bond donors (Lipinski definition) is 0. The number of rotatable bonds is 7. The highest BCUT2D eigenvalue weighted by Gasteiger charge is 2.19. The lowest BCUT2D eigenvalue weighted by Crippen LogP contribution is -2.10. The largest absolute Gasteiger partial charge is 0.317 e. The molecule has 10 rings (SSSR count). The first kappa shape index (κ1) is 30.4. The Bertz CT molecular complexity index is 2770. The number of para-hydroxylation sites is 2. The molecule has 4 heterocycles. The number of nitrogens with zero attached hydrogens (tertiary/aromatic N) is 7. The first-order valence-corrected chi connectivity index (χ1v) is 17.5. The Hall–Kier alpha value is -7.38. The van der Waals surface area contributed by atoms with Crippen LogP contribution in [0.5, 0.6) is 0 Å². The summed E-state index contributed by atoms with van der Waals surface area (Å²) in [5, 5.41) is 3.54. The van der Waals surface area contributed by atoms with E-state index in [1.807, 2.05) is 24.4 Å². The molecule has 0 spiro atoms. The highest BCUT2D eigenvalue weighted by molar-refractivity contribution is 6.14. The van der Waals surface area contributed by atoms with Crippen molar-refractivity contribution >= 4 is 49.8 Å². The normalized spacial score (nSPS) is 11.4. The third kappa shape index (κ3) is 5.39. The topological polar surface area (TPSA) is 64.7 Å². The lowest BCUT2D eigenvalue weighted by atomic mass is 10.1. The molecule has 7 nitrogen and oxygen atoms in total. The van der Waals surface area contributed by atoms with Crippen molar-refractivity contribution in [2.45, 2.75) is 0 Å². The molecule has 0 saturated carbocycles. The number of benzene rings is 6. The first-order valence-electron chi connectivity index (χ1n) is 17.5. The molecule has 0 unspecified atom stereocenters. The van der Waals surface area contributed by atoms with Gasteiger partial charge in [-0.15, -0.1) is 0 Å². The highest BCUT2D eigenvalue weighted by Crippen LogP contribution is 2.41. The smallest absolute Gasteiger partial charge is 0.162 e. The Morgan fingerprint density at radius 1 is 0.453 bits per heavy atom. The van der Waals surface area contributed by atoms with Gasteiger partial charge in [0.2, 0.25) is 0 Å². The molecule has 0 saturated heterocycles. The molecule has 0 amide bonds. The second kappa shape index (κ2) is 12.7. The number of pyridine rings is 1. The molecule has 53 heavy (non-hydrogen) atoms. The van der Waals surface area contributed by atoms with Crippen molar-refractivity contribution in [3.8, 4) is 34.0 Å². The van der Waals surface area contributed by atoms with E-state index in [2.05, 4.69) is 186 Å². The highest BCUT2D eigenvalue weighted by atomic mass is 15.1. The molecule has 0 aliphatic heterocycles. The number of aromatic nitrogens is 6. The lowest BCUT2D eigenvalue weighted by Gasteiger charge is -2.26. The van der Waals surface area contributed by atoms with Crippen molar-refractivity contribution in [3.05, 3.63) is 189 Å². The molecule has 10 aromatic rings. The maximum Gasteiger partial charge on any atom is 0.162 e. The summed E-state index contributed by atoms with van der Waals surface area (Å²) in [5.74, 6) is 0.638. The molecule has 4 aromatic heterocycles. The Labute approximate surface area is 305 Å². The van der Waals surface area contributed by atoms with Crippen LogP contribution in [0.15, 0.2) is 189 Å². The fraction of sp³-hybridized carbons (Fsp3) is 0. The molecule has 7 heteroatoms. The summed E-state index contributed by atoms with van der Waals surface area (Å²) in [6.45, 7) is 0. The van der Waals surface area contributed by atoms with E-state index in [-0.39, 0.29) is 0 Å². The zero-order chi connectivity index (χ0) is 35.1. The van der Waals surface area contributed by atoms with Crippen LogP contribution in [0.3, 0.4) is 0 Å². The van der Waals surface area contributed by atoms with Crippen molar-refractivity contribution in [2.75, 3.05) is 4.90 Å². The van der Waals surface area contributed by atoms with E-state index in [0.29, 0.717) is 5.82 Å². The number of fused-ring (bicyclic) bond motifs is 4. The summed E-state index contributed by atoms with van der Waals surface area (Å²) in [6.07, 6.45) is 7.04. The summed E-state index contributed by atoms with van der Waals surface area (Å²) in [6, 6.07) is 57.8. The van der Waals surface area contributed by atoms with Gasteiger partial charge in [-0.05, 0) is 109 Å². The van der Waals surface area contributed by atoms with Crippen LogP contribution in [-0.2, 0) is 0 Å². The van der Waals surface area contributed by atoms with E-state index in [0.717, 1.165) is 61.8 Å². The maximum atomic E-state index is 4.58. The second-order valence-corrected chi connectivity index (χ2v) is 12.9. The minimum absolute atomic E-state index is 0.638. The molecule has 6 aromatic carbocycles. The average molecular weight is 682 g/mol. The van der Waals surface area contributed by atoms with Gasteiger partial charge in [-0.3, -0.25) is 4.98 Å². The zero-order valence-corrected chi connectivity index (χ0v) is 28.5. The SMILES string of the molecule is c1ccc(-n2ccc3cc4c(cc32)c2cc(N(c3ccc(-c5ccccn5)cc3)c3ccc(-c5ncncn5)cc3)ccc2n4-c2ccccc2)cc1. The van der Waals surface area contributed by atoms with Gasteiger partial charge in [-0.25, -0.2) is 15.0 Å². The minimum Gasteiger partial charge on any atom is -0.317 e. The summed E-state index contributed by atoms with van der Waals surface area (Å²) < 4.78 is 4.65. The van der Waals surface area contributed by atoms with Crippen LogP contribution in [-0.4, -0.2) is 29.1 Å². The van der Waals surface area contributed by atoms with Crippen molar-refractivity contribution in [1.29, 1.82) is 0 Å². The summed E-state index contributed by atoms with van der Waals surface area (Å²) in [5.41, 5.74) is 11.7. The van der Waals surface area contributed by atoms with Crippen molar-refractivity contribution in [2.24, 2.45) is 0 Å². The van der Waals surface area contributed by atoms with Crippen LogP contribution in [0, 0.1) is 0 Å². The second-order valence-electron chi connectivity index (χ2n) is 12.9. The van der Waals surface area contributed by atoms with Gasteiger partial charge in [0.1, 0.15) is 12.7 Å². The van der Waals surface area contributed by atoms with Gasteiger partial charge in [0, 0.05) is 68.1 Å². The maximum absolute atomic E-state index is 4.58. The predicted octanol–water partition coefficient (Wildman–Crippen LogP) is 11.1. The Morgan fingerprint density at radius 2 is 1.09 bits per heavy atom. The standard InChI is InChI=1S/C46H31N7/c1-3-9-35(10-4-1)51-26-24-34-27-45-41(29-44(34)51)40-28-39(22-23-43(40)53(45)36-11-5-2-6-12-36)52(37-18-14-32(15-19-37)42-13-7-8-25-48-42)38-20-16-33(17-21-38)46-49-30-47-31-50-46/h1-31H. The van der Waals surface area contributed by atoms with Gasteiger partial charge in [0.05, 0.1) is 22.2 Å². The van der Waals surface area contributed by atoms with E-state index in [9.17, 15) is 0 Å².